The summed E-state index contributed by atoms with van der Waals surface area (Å²) in [6.07, 6.45) is 6.65. The Labute approximate surface area is 138 Å². The largest absolute Gasteiger partial charge is 0.480 e. The second-order valence-electron chi connectivity index (χ2n) is 5.12. The number of nitrogens with one attached hydrogen (secondary N) is 3. The molecule has 0 radical (unpaired) electrons. The van der Waals surface area contributed by atoms with E-state index < -0.39 is 24.0 Å². The number of imidazole rings is 2. The lowest BCUT2D eigenvalue weighted by Gasteiger charge is -2.13. The second-order valence-corrected chi connectivity index (χ2v) is 5.12. The molecule has 2 rings (SSSR count). The summed E-state index contributed by atoms with van der Waals surface area (Å²) >= 11 is 0. The minimum absolute atomic E-state index is 0.245. The molecule has 0 aromatic carbocycles. The maximum atomic E-state index is 10.6. The Balaban J connectivity index is 0.000000240. The van der Waals surface area contributed by atoms with Gasteiger partial charge in [0, 0.05) is 36.1 Å². The second kappa shape index (κ2) is 9.43. The van der Waals surface area contributed by atoms with Crippen LogP contribution in [0, 0.1) is 0 Å². The van der Waals surface area contributed by atoms with E-state index in [4.69, 9.17) is 15.9 Å². The van der Waals surface area contributed by atoms with Crippen molar-refractivity contribution in [2.45, 2.75) is 31.3 Å². The molecule has 0 aliphatic heterocycles. The van der Waals surface area contributed by atoms with Crippen LogP contribution in [0.25, 0.3) is 0 Å². The van der Waals surface area contributed by atoms with Gasteiger partial charge in [0.1, 0.15) is 12.1 Å². The first-order chi connectivity index (χ1) is 11.4. The Bertz CT molecular complexity index is 601. The van der Waals surface area contributed by atoms with Crippen LogP contribution >= 0.6 is 0 Å². The van der Waals surface area contributed by atoms with Crippen molar-refractivity contribution in [3.8, 4) is 0 Å². The predicted octanol–water partition coefficient (Wildman–Crippen LogP) is -0.450. The quantitative estimate of drug-likeness (QED) is 0.394. The van der Waals surface area contributed by atoms with Gasteiger partial charge in [-0.1, -0.05) is 6.92 Å². The molecule has 24 heavy (non-hydrogen) atoms. The molecule has 0 aliphatic rings. The van der Waals surface area contributed by atoms with Crippen LogP contribution in [-0.4, -0.2) is 61.2 Å². The van der Waals surface area contributed by atoms with Crippen molar-refractivity contribution in [2.75, 3.05) is 7.05 Å². The number of aromatic amines is 2. The van der Waals surface area contributed by atoms with Crippen LogP contribution in [0.5, 0.6) is 0 Å². The van der Waals surface area contributed by atoms with Crippen LogP contribution in [0.3, 0.4) is 0 Å². The normalized spacial score (nSPS) is 14.1. The van der Waals surface area contributed by atoms with Gasteiger partial charge in [-0.3, -0.25) is 9.59 Å². The molecule has 3 atom stereocenters. The Hall–Kier alpha value is -2.72. The lowest BCUT2D eigenvalue weighted by Crippen LogP contribution is -2.35. The fourth-order valence-electron chi connectivity index (χ4n) is 1.85. The predicted molar refractivity (Wildman–Crippen MR) is 85.4 cm³/mol. The lowest BCUT2D eigenvalue weighted by molar-refractivity contribution is -0.140. The maximum Gasteiger partial charge on any atom is 0.321 e. The third-order valence-corrected chi connectivity index (χ3v) is 3.46. The summed E-state index contributed by atoms with van der Waals surface area (Å²) < 4.78 is 0. The third kappa shape index (κ3) is 5.82. The van der Waals surface area contributed by atoms with Crippen molar-refractivity contribution in [1.29, 1.82) is 0 Å². The number of rotatable bonds is 7. The lowest BCUT2D eigenvalue weighted by atomic mass is 10.0. The molecule has 0 spiro atoms. The average molecular weight is 338 g/mol. The molecular weight excluding hydrogens is 316 g/mol. The zero-order valence-electron chi connectivity index (χ0n) is 13.4. The van der Waals surface area contributed by atoms with E-state index in [2.05, 4.69) is 25.3 Å². The van der Waals surface area contributed by atoms with Crippen molar-refractivity contribution < 1.29 is 19.8 Å². The molecule has 0 bridgehead atoms. The number of likely N-dealkylation sites (N-methyl/N-ethyl adjacent to an activating group) is 1. The molecule has 0 saturated carbocycles. The highest BCUT2D eigenvalue weighted by atomic mass is 16.4. The zero-order valence-corrected chi connectivity index (χ0v) is 13.4. The number of hydrogen-bond donors (Lipinski definition) is 6. The molecule has 2 aromatic rings. The standard InChI is InChI=1S/2C7H11N3O2/c1-8-6(7(11)12)2-5-3-9-4-10-5;1-4(6(8)7(11)12)5-2-9-3-10-5/h3-4,6,8H,2H2,1H3,(H,9,10)(H,11,12);2-4,6H,8H2,1H3,(H,9,10)(H,11,12)/t6-;4?,6-/m00/s1. The van der Waals surface area contributed by atoms with Gasteiger partial charge in [-0.2, -0.15) is 0 Å². The Morgan fingerprint density at radius 2 is 1.83 bits per heavy atom. The molecule has 2 aromatic heterocycles. The van der Waals surface area contributed by atoms with E-state index in [9.17, 15) is 9.59 Å². The minimum atomic E-state index is -1.00. The maximum absolute atomic E-state index is 10.6. The molecular formula is C14H22N6O4. The van der Waals surface area contributed by atoms with E-state index in [1.807, 2.05) is 0 Å². The number of nitrogens with zero attached hydrogens (tertiary/aromatic N) is 2. The van der Waals surface area contributed by atoms with Crippen molar-refractivity contribution >= 4 is 11.9 Å². The third-order valence-electron chi connectivity index (χ3n) is 3.46. The number of nitrogens with two attached hydrogens (primary N) is 1. The Morgan fingerprint density at radius 1 is 1.21 bits per heavy atom. The molecule has 10 nitrogen and oxygen atoms in total. The number of H-pyrrole nitrogens is 2. The van der Waals surface area contributed by atoms with Crippen molar-refractivity contribution in [1.82, 2.24) is 25.3 Å². The van der Waals surface area contributed by atoms with Gasteiger partial charge >= 0.3 is 11.9 Å². The highest BCUT2D eigenvalue weighted by Crippen LogP contribution is 2.14. The van der Waals surface area contributed by atoms with Crippen LogP contribution in [0.15, 0.2) is 25.0 Å². The highest BCUT2D eigenvalue weighted by Gasteiger charge is 2.22. The molecule has 0 fully saturated rings. The van der Waals surface area contributed by atoms with E-state index in [1.54, 1.807) is 26.4 Å². The van der Waals surface area contributed by atoms with Crippen LogP contribution in [0.1, 0.15) is 24.2 Å². The molecule has 10 heteroatoms. The van der Waals surface area contributed by atoms with E-state index in [1.165, 1.54) is 12.7 Å². The Kier molecular flexibility index (Phi) is 7.59. The Morgan fingerprint density at radius 3 is 2.25 bits per heavy atom. The summed E-state index contributed by atoms with van der Waals surface area (Å²) in [5.74, 6) is -2.10. The van der Waals surface area contributed by atoms with E-state index in [-0.39, 0.29) is 5.92 Å². The van der Waals surface area contributed by atoms with Crippen molar-refractivity contribution in [3.05, 3.63) is 36.4 Å². The number of carboxylic acid groups (broad SMARTS) is 2. The first-order valence-electron chi connectivity index (χ1n) is 7.20. The van der Waals surface area contributed by atoms with Gasteiger partial charge in [0.25, 0.3) is 0 Å². The van der Waals surface area contributed by atoms with Crippen molar-refractivity contribution in [2.24, 2.45) is 5.73 Å². The first-order valence-corrected chi connectivity index (χ1v) is 7.20. The number of hydrogen-bond acceptors (Lipinski definition) is 6. The number of carboxylic acids is 2. The smallest absolute Gasteiger partial charge is 0.321 e. The van der Waals surface area contributed by atoms with Gasteiger partial charge in [0.05, 0.1) is 12.7 Å². The summed E-state index contributed by atoms with van der Waals surface area (Å²) in [5, 5.41) is 20.0. The van der Waals surface area contributed by atoms with Gasteiger partial charge in [-0.05, 0) is 7.05 Å². The molecule has 7 N–H and O–H groups in total. The number of carbonyl (C=O) groups is 2. The monoisotopic (exact) mass is 338 g/mol. The minimum Gasteiger partial charge on any atom is -0.480 e. The molecule has 0 aliphatic carbocycles. The zero-order chi connectivity index (χ0) is 18.1. The van der Waals surface area contributed by atoms with Crippen LogP contribution in [-0.2, 0) is 16.0 Å². The van der Waals surface area contributed by atoms with Gasteiger partial charge in [0.15, 0.2) is 0 Å². The first kappa shape index (κ1) is 19.3. The number of aliphatic carboxylic acids is 2. The molecule has 132 valence electrons. The summed E-state index contributed by atoms with van der Waals surface area (Å²) in [6, 6.07) is -1.43. The van der Waals surface area contributed by atoms with Gasteiger partial charge in [0.2, 0.25) is 0 Å². The molecule has 0 amide bonds. The SMILES string of the molecule is CC(c1cnc[nH]1)[C@H](N)C(=O)O.CN[C@@H](Cc1cnc[nH]1)C(=O)O. The van der Waals surface area contributed by atoms with Crippen molar-refractivity contribution in [3.63, 3.8) is 0 Å². The summed E-state index contributed by atoms with van der Waals surface area (Å²) in [4.78, 5) is 34.3. The average Bonchev–Trinajstić information content (AvgIpc) is 3.24. The van der Waals surface area contributed by atoms with Crippen LogP contribution in [0.4, 0.5) is 0 Å². The van der Waals surface area contributed by atoms with Crippen LogP contribution < -0.4 is 11.1 Å². The molecule has 0 saturated heterocycles. The van der Waals surface area contributed by atoms with E-state index in [0.717, 1.165) is 11.4 Å². The number of aromatic nitrogens is 4. The fourth-order valence-corrected chi connectivity index (χ4v) is 1.85. The van der Waals surface area contributed by atoms with Gasteiger partial charge in [-0.15, -0.1) is 0 Å². The summed E-state index contributed by atoms with van der Waals surface area (Å²) in [7, 11) is 1.62. The van der Waals surface area contributed by atoms with Gasteiger partial charge < -0.3 is 31.2 Å². The summed E-state index contributed by atoms with van der Waals surface area (Å²) in [6.45, 7) is 1.74. The van der Waals surface area contributed by atoms with E-state index >= 15 is 0 Å². The summed E-state index contributed by atoms with van der Waals surface area (Å²) in [5.41, 5.74) is 6.96. The van der Waals surface area contributed by atoms with Gasteiger partial charge in [-0.25, -0.2) is 9.97 Å². The topological polar surface area (TPSA) is 170 Å². The van der Waals surface area contributed by atoms with Crippen LogP contribution in [0.2, 0.25) is 0 Å². The fraction of sp³-hybridized carbons (Fsp3) is 0.429. The van der Waals surface area contributed by atoms with E-state index in [0.29, 0.717) is 6.42 Å². The molecule has 2 heterocycles. The molecule has 1 unspecified atom stereocenters. The highest BCUT2D eigenvalue weighted by molar-refractivity contribution is 5.74.